The second-order valence-corrected chi connectivity index (χ2v) is 7.29. The zero-order valence-corrected chi connectivity index (χ0v) is 14.0. The van der Waals surface area contributed by atoms with E-state index in [2.05, 4.69) is 5.32 Å². The highest BCUT2D eigenvalue weighted by atomic mass is 19.4. The molecule has 3 nitrogen and oxygen atoms in total. The van der Waals surface area contributed by atoms with Crippen LogP contribution in [0.1, 0.15) is 50.2 Å². The van der Waals surface area contributed by atoms with Crippen LogP contribution in [-0.4, -0.2) is 24.2 Å². The predicted molar refractivity (Wildman–Crippen MR) is 85.4 cm³/mol. The van der Waals surface area contributed by atoms with E-state index in [1.807, 2.05) is 13.8 Å². The standard InChI is InChI=1S/C18H24F3NO2/c1-17(2,11-23)8-3-9-22-16(24)15-10-14(15)12-4-6-13(7-5-12)18(19,20)21/h4-7,14-15,23H,3,8-11H2,1-2H3,(H,22,24). The van der Waals surface area contributed by atoms with Gasteiger partial charge in [0, 0.05) is 19.1 Å². The minimum Gasteiger partial charge on any atom is -0.396 e. The molecule has 1 fully saturated rings. The third-order valence-electron chi connectivity index (χ3n) is 4.55. The SMILES string of the molecule is CC(C)(CO)CCCNC(=O)C1CC1c1ccc(C(F)(F)F)cc1. The first-order chi connectivity index (χ1) is 11.1. The van der Waals surface area contributed by atoms with E-state index in [1.165, 1.54) is 12.1 Å². The summed E-state index contributed by atoms with van der Waals surface area (Å²) in [4.78, 5) is 12.1. The first-order valence-corrected chi connectivity index (χ1v) is 8.20. The molecule has 0 aromatic heterocycles. The van der Waals surface area contributed by atoms with Crippen LogP contribution in [0.5, 0.6) is 0 Å². The molecule has 2 N–H and O–H groups in total. The molecule has 2 rings (SSSR count). The topological polar surface area (TPSA) is 49.3 Å². The Labute approximate surface area is 140 Å². The number of aliphatic hydroxyl groups excluding tert-OH is 1. The summed E-state index contributed by atoms with van der Waals surface area (Å²) in [6.45, 7) is 4.60. The molecule has 24 heavy (non-hydrogen) atoms. The van der Waals surface area contributed by atoms with Crippen molar-refractivity contribution in [2.75, 3.05) is 13.2 Å². The molecule has 0 aliphatic heterocycles. The van der Waals surface area contributed by atoms with Crippen LogP contribution in [-0.2, 0) is 11.0 Å². The number of carbonyl (C=O) groups excluding carboxylic acids is 1. The molecule has 1 aromatic rings. The Morgan fingerprint density at radius 2 is 1.88 bits per heavy atom. The molecule has 0 bridgehead atoms. The number of carbonyl (C=O) groups is 1. The smallest absolute Gasteiger partial charge is 0.396 e. The van der Waals surface area contributed by atoms with Gasteiger partial charge in [0.05, 0.1) is 5.56 Å². The molecule has 0 radical (unpaired) electrons. The molecular formula is C18H24F3NO2. The summed E-state index contributed by atoms with van der Waals surface area (Å²) in [5, 5.41) is 12.0. The van der Waals surface area contributed by atoms with Crippen molar-refractivity contribution >= 4 is 5.91 Å². The van der Waals surface area contributed by atoms with E-state index in [4.69, 9.17) is 0 Å². The van der Waals surface area contributed by atoms with Crippen molar-refractivity contribution in [2.45, 2.75) is 45.2 Å². The van der Waals surface area contributed by atoms with Gasteiger partial charge in [-0.05, 0) is 48.3 Å². The van der Waals surface area contributed by atoms with Gasteiger partial charge in [0.15, 0.2) is 0 Å². The number of hydrogen-bond acceptors (Lipinski definition) is 2. The van der Waals surface area contributed by atoms with Gasteiger partial charge in [0.1, 0.15) is 0 Å². The summed E-state index contributed by atoms with van der Waals surface area (Å²) < 4.78 is 37.6. The number of nitrogens with one attached hydrogen (secondary N) is 1. The average molecular weight is 343 g/mol. The molecule has 2 unspecified atom stereocenters. The molecule has 0 saturated heterocycles. The highest BCUT2D eigenvalue weighted by molar-refractivity contribution is 5.82. The Balaban J connectivity index is 1.77. The lowest BCUT2D eigenvalue weighted by Crippen LogP contribution is -2.28. The largest absolute Gasteiger partial charge is 0.416 e. The van der Waals surface area contributed by atoms with Gasteiger partial charge in [-0.25, -0.2) is 0 Å². The van der Waals surface area contributed by atoms with E-state index in [9.17, 15) is 23.1 Å². The molecule has 1 aliphatic carbocycles. The molecule has 0 heterocycles. The first-order valence-electron chi connectivity index (χ1n) is 8.20. The lowest BCUT2D eigenvalue weighted by Gasteiger charge is -2.21. The Kier molecular flexibility index (Phi) is 5.58. The molecule has 2 atom stereocenters. The molecule has 1 aromatic carbocycles. The number of hydrogen-bond donors (Lipinski definition) is 2. The van der Waals surface area contributed by atoms with Crippen molar-refractivity contribution in [1.29, 1.82) is 0 Å². The predicted octanol–water partition coefficient (Wildman–Crippen LogP) is 3.72. The maximum absolute atomic E-state index is 12.5. The van der Waals surface area contributed by atoms with Crippen LogP contribution in [0, 0.1) is 11.3 Å². The van der Waals surface area contributed by atoms with Gasteiger partial charge >= 0.3 is 6.18 Å². The van der Waals surface area contributed by atoms with E-state index in [0.717, 1.165) is 30.5 Å². The van der Waals surface area contributed by atoms with Crippen molar-refractivity contribution in [3.05, 3.63) is 35.4 Å². The third-order valence-corrected chi connectivity index (χ3v) is 4.55. The first kappa shape index (κ1) is 18.8. The fraction of sp³-hybridized carbons (Fsp3) is 0.611. The molecule has 0 spiro atoms. The summed E-state index contributed by atoms with van der Waals surface area (Å²) in [5.41, 5.74) is -0.0310. The van der Waals surface area contributed by atoms with E-state index in [1.54, 1.807) is 0 Å². The second-order valence-electron chi connectivity index (χ2n) is 7.29. The minimum absolute atomic E-state index is 0.0150. The van der Waals surface area contributed by atoms with Crippen LogP contribution >= 0.6 is 0 Å². The van der Waals surface area contributed by atoms with Crippen molar-refractivity contribution in [3.63, 3.8) is 0 Å². The summed E-state index contributed by atoms with van der Waals surface area (Å²) in [5.74, 6) is -0.171. The Morgan fingerprint density at radius 1 is 1.25 bits per heavy atom. The molecule has 134 valence electrons. The number of amides is 1. The van der Waals surface area contributed by atoms with E-state index in [-0.39, 0.29) is 29.8 Å². The maximum atomic E-state index is 12.5. The number of aliphatic hydroxyl groups is 1. The normalized spacial score (nSPS) is 20.8. The zero-order valence-electron chi connectivity index (χ0n) is 14.0. The number of halogens is 3. The Bertz CT molecular complexity index is 567. The van der Waals surface area contributed by atoms with E-state index < -0.39 is 11.7 Å². The van der Waals surface area contributed by atoms with Gasteiger partial charge in [0.2, 0.25) is 5.91 Å². The fourth-order valence-electron chi connectivity index (χ4n) is 2.76. The Morgan fingerprint density at radius 3 is 2.42 bits per heavy atom. The molecule has 1 amide bonds. The lowest BCUT2D eigenvalue weighted by atomic mass is 9.89. The summed E-state index contributed by atoms with van der Waals surface area (Å²) in [6.07, 6.45) is -2.05. The van der Waals surface area contributed by atoms with Gasteiger partial charge < -0.3 is 10.4 Å². The van der Waals surface area contributed by atoms with Crippen LogP contribution in [0.15, 0.2) is 24.3 Å². The quantitative estimate of drug-likeness (QED) is 0.741. The summed E-state index contributed by atoms with van der Waals surface area (Å²) in [7, 11) is 0. The van der Waals surface area contributed by atoms with Gasteiger partial charge in [-0.1, -0.05) is 26.0 Å². The number of benzene rings is 1. The van der Waals surface area contributed by atoms with Gasteiger partial charge in [-0.15, -0.1) is 0 Å². The van der Waals surface area contributed by atoms with Crippen molar-refractivity contribution in [1.82, 2.24) is 5.32 Å². The highest BCUT2D eigenvalue weighted by Crippen LogP contribution is 2.48. The van der Waals surface area contributed by atoms with E-state index >= 15 is 0 Å². The minimum atomic E-state index is -4.33. The molecular weight excluding hydrogens is 319 g/mol. The lowest BCUT2D eigenvalue weighted by molar-refractivity contribution is -0.137. The fourth-order valence-corrected chi connectivity index (χ4v) is 2.76. The van der Waals surface area contributed by atoms with Gasteiger partial charge in [-0.2, -0.15) is 13.2 Å². The highest BCUT2D eigenvalue weighted by Gasteiger charge is 2.44. The van der Waals surface area contributed by atoms with Crippen LogP contribution in [0.4, 0.5) is 13.2 Å². The van der Waals surface area contributed by atoms with Crippen LogP contribution in [0.2, 0.25) is 0 Å². The monoisotopic (exact) mass is 343 g/mol. The summed E-state index contributed by atoms with van der Waals surface area (Å²) >= 11 is 0. The van der Waals surface area contributed by atoms with Crippen LogP contribution < -0.4 is 5.32 Å². The molecule has 1 aliphatic rings. The third kappa shape index (κ3) is 4.97. The number of alkyl halides is 3. The maximum Gasteiger partial charge on any atom is 0.416 e. The molecule has 6 heteroatoms. The second kappa shape index (κ2) is 7.13. The van der Waals surface area contributed by atoms with Crippen molar-refractivity contribution in [3.8, 4) is 0 Å². The van der Waals surface area contributed by atoms with Crippen LogP contribution in [0.3, 0.4) is 0 Å². The van der Waals surface area contributed by atoms with Gasteiger partial charge in [0.25, 0.3) is 0 Å². The Hall–Kier alpha value is -1.56. The van der Waals surface area contributed by atoms with Crippen molar-refractivity contribution in [2.24, 2.45) is 11.3 Å². The average Bonchev–Trinajstić information content (AvgIpc) is 3.31. The van der Waals surface area contributed by atoms with Gasteiger partial charge in [-0.3, -0.25) is 4.79 Å². The number of rotatable bonds is 7. The van der Waals surface area contributed by atoms with Crippen molar-refractivity contribution < 1.29 is 23.1 Å². The summed E-state index contributed by atoms with van der Waals surface area (Å²) in [6, 6.07) is 5.06. The zero-order chi connectivity index (χ0) is 18.0. The van der Waals surface area contributed by atoms with E-state index in [0.29, 0.717) is 13.0 Å². The molecule has 1 saturated carbocycles. The van der Waals surface area contributed by atoms with Crippen LogP contribution in [0.25, 0.3) is 0 Å².